The van der Waals surface area contributed by atoms with Gasteiger partial charge in [0.2, 0.25) is 0 Å². The summed E-state index contributed by atoms with van der Waals surface area (Å²) in [7, 11) is 6.53. The Morgan fingerprint density at radius 1 is 1.17 bits per heavy atom. The van der Waals surface area contributed by atoms with Crippen LogP contribution in [-0.2, 0) is 6.42 Å². The zero-order chi connectivity index (χ0) is 13.0. The van der Waals surface area contributed by atoms with Gasteiger partial charge >= 0.3 is 0 Å². The molecule has 1 unspecified atom stereocenters. The number of hydrogen-bond donors (Lipinski definition) is 0. The monoisotopic (exact) mass is 264 g/mol. The van der Waals surface area contributed by atoms with Crippen LogP contribution in [0.15, 0.2) is 29.2 Å². The number of rotatable bonds is 6. The third-order valence-electron chi connectivity index (χ3n) is 3.37. The summed E-state index contributed by atoms with van der Waals surface area (Å²) in [5, 5.41) is 0.742. The van der Waals surface area contributed by atoms with Crippen LogP contribution in [0.25, 0.3) is 0 Å². The maximum atomic E-state index is 2.48. The Hall–Kier alpha value is -0.510. The zero-order valence-electron chi connectivity index (χ0n) is 11.7. The van der Waals surface area contributed by atoms with Gasteiger partial charge in [-0.15, -0.1) is 11.8 Å². The molecule has 0 amide bonds. The normalized spacial score (nSPS) is 18.6. The third-order valence-corrected chi connectivity index (χ3v) is 4.68. The first-order chi connectivity index (χ1) is 8.65. The first-order valence-electron chi connectivity index (χ1n) is 6.73. The summed E-state index contributed by atoms with van der Waals surface area (Å²) in [6, 6.07) is 8.83. The second-order valence-corrected chi connectivity index (χ2v) is 6.81. The average molecular weight is 264 g/mol. The molecule has 1 aromatic rings. The Bertz CT molecular complexity index is 354. The van der Waals surface area contributed by atoms with Crippen molar-refractivity contribution in [3.05, 3.63) is 29.8 Å². The van der Waals surface area contributed by atoms with Crippen LogP contribution in [0, 0.1) is 0 Å². The predicted octanol–water partition coefficient (Wildman–Crippen LogP) is 2.59. The highest BCUT2D eigenvalue weighted by atomic mass is 32.2. The molecular weight excluding hydrogens is 240 g/mol. The maximum absolute atomic E-state index is 2.48. The molecule has 0 spiro atoms. The molecule has 1 aromatic carbocycles. The number of thioether (sulfide) groups is 1. The summed E-state index contributed by atoms with van der Waals surface area (Å²) in [6.45, 7) is 3.58. The van der Waals surface area contributed by atoms with Gasteiger partial charge in [-0.1, -0.05) is 18.2 Å². The van der Waals surface area contributed by atoms with Crippen molar-refractivity contribution in [3.8, 4) is 0 Å². The largest absolute Gasteiger partial charge is 0.309 e. The Labute approximate surface area is 115 Å². The zero-order valence-corrected chi connectivity index (χ0v) is 12.5. The van der Waals surface area contributed by atoms with Crippen molar-refractivity contribution >= 4 is 11.8 Å². The van der Waals surface area contributed by atoms with Gasteiger partial charge in [0.05, 0.1) is 0 Å². The van der Waals surface area contributed by atoms with Crippen molar-refractivity contribution < 1.29 is 0 Å². The van der Waals surface area contributed by atoms with E-state index in [1.165, 1.54) is 42.9 Å². The van der Waals surface area contributed by atoms with E-state index in [-0.39, 0.29) is 0 Å². The molecule has 0 saturated carbocycles. The van der Waals surface area contributed by atoms with Gasteiger partial charge in [-0.3, -0.25) is 0 Å². The first kappa shape index (κ1) is 13.9. The van der Waals surface area contributed by atoms with Crippen molar-refractivity contribution in [2.24, 2.45) is 0 Å². The molecule has 18 heavy (non-hydrogen) atoms. The smallest absolute Gasteiger partial charge is 0.0263 e. The summed E-state index contributed by atoms with van der Waals surface area (Å²) in [5.41, 5.74) is 1.54. The van der Waals surface area contributed by atoms with E-state index in [4.69, 9.17) is 0 Å². The van der Waals surface area contributed by atoms with Gasteiger partial charge in [0.15, 0.2) is 0 Å². The molecule has 1 heterocycles. The molecule has 0 radical (unpaired) electrons. The van der Waals surface area contributed by atoms with E-state index < -0.39 is 0 Å². The van der Waals surface area contributed by atoms with Gasteiger partial charge in [0.25, 0.3) is 0 Å². The van der Waals surface area contributed by atoms with Crippen molar-refractivity contribution in [1.29, 1.82) is 0 Å². The lowest BCUT2D eigenvalue weighted by Crippen LogP contribution is -2.29. The van der Waals surface area contributed by atoms with Crippen LogP contribution in [0.3, 0.4) is 0 Å². The van der Waals surface area contributed by atoms with Gasteiger partial charge in [-0.25, -0.2) is 0 Å². The third kappa shape index (κ3) is 4.01. The highest BCUT2D eigenvalue weighted by Crippen LogP contribution is 2.36. The summed E-state index contributed by atoms with van der Waals surface area (Å²) in [5.74, 6) is 0. The topological polar surface area (TPSA) is 6.48 Å². The number of nitrogens with zero attached hydrogens (tertiary/aromatic N) is 2. The SMILES string of the molecule is CN(C)CCCN(C)CC1Cc2ccccc2S1. The Kier molecular flexibility index (Phi) is 5.10. The lowest BCUT2D eigenvalue weighted by Gasteiger charge is -2.21. The van der Waals surface area contributed by atoms with Crippen molar-refractivity contribution in [3.63, 3.8) is 0 Å². The van der Waals surface area contributed by atoms with Gasteiger partial charge in [-0.05, 0) is 58.7 Å². The van der Waals surface area contributed by atoms with Crippen LogP contribution in [0.4, 0.5) is 0 Å². The van der Waals surface area contributed by atoms with E-state index in [1.807, 2.05) is 0 Å². The van der Waals surface area contributed by atoms with Crippen molar-refractivity contribution in [2.45, 2.75) is 23.0 Å². The lowest BCUT2D eigenvalue weighted by molar-refractivity contribution is 0.301. The summed E-state index contributed by atoms with van der Waals surface area (Å²) in [4.78, 5) is 6.23. The first-order valence-corrected chi connectivity index (χ1v) is 7.61. The van der Waals surface area contributed by atoms with Crippen LogP contribution in [0.1, 0.15) is 12.0 Å². The number of fused-ring (bicyclic) bond motifs is 1. The Balaban J connectivity index is 1.72. The maximum Gasteiger partial charge on any atom is 0.0263 e. The minimum Gasteiger partial charge on any atom is -0.309 e. The predicted molar refractivity (Wildman–Crippen MR) is 80.5 cm³/mol. The fourth-order valence-electron chi connectivity index (χ4n) is 2.45. The van der Waals surface area contributed by atoms with E-state index in [2.05, 4.69) is 67.0 Å². The van der Waals surface area contributed by atoms with Crippen LogP contribution in [0.5, 0.6) is 0 Å². The van der Waals surface area contributed by atoms with E-state index in [0.717, 1.165) is 5.25 Å². The standard InChI is InChI=1S/C15H24N2S/c1-16(2)9-6-10-17(3)12-14-11-13-7-4-5-8-15(13)18-14/h4-5,7-8,14H,6,9-12H2,1-3H3. The molecule has 0 aliphatic carbocycles. The second kappa shape index (κ2) is 6.60. The van der Waals surface area contributed by atoms with Gasteiger partial charge in [0, 0.05) is 16.7 Å². The van der Waals surface area contributed by atoms with Gasteiger partial charge in [-0.2, -0.15) is 0 Å². The van der Waals surface area contributed by atoms with E-state index in [9.17, 15) is 0 Å². The van der Waals surface area contributed by atoms with Gasteiger partial charge < -0.3 is 9.80 Å². The van der Waals surface area contributed by atoms with Gasteiger partial charge in [0.1, 0.15) is 0 Å². The van der Waals surface area contributed by atoms with Crippen LogP contribution in [0.2, 0.25) is 0 Å². The summed E-state index contributed by atoms with van der Waals surface area (Å²) >= 11 is 2.05. The molecular formula is C15H24N2S. The average Bonchev–Trinajstić information content (AvgIpc) is 2.70. The molecule has 0 fully saturated rings. The Morgan fingerprint density at radius 2 is 1.94 bits per heavy atom. The second-order valence-electron chi connectivity index (χ2n) is 5.47. The van der Waals surface area contributed by atoms with Crippen LogP contribution >= 0.6 is 11.8 Å². The van der Waals surface area contributed by atoms with Crippen molar-refractivity contribution in [1.82, 2.24) is 9.80 Å². The fraction of sp³-hybridized carbons (Fsp3) is 0.600. The molecule has 1 atom stereocenters. The molecule has 0 saturated heterocycles. The molecule has 100 valence electrons. The molecule has 2 rings (SSSR count). The summed E-state index contributed by atoms with van der Waals surface area (Å²) < 4.78 is 0. The minimum absolute atomic E-state index is 0.742. The van der Waals surface area contributed by atoms with E-state index in [0.29, 0.717) is 0 Å². The molecule has 0 N–H and O–H groups in total. The molecule has 1 aliphatic rings. The highest BCUT2D eigenvalue weighted by molar-refractivity contribution is 8.00. The van der Waals surface area contributed by atoms with E-state index >= 15 is 0 Å². The summed E-state index contributed by atoms with van der Waals surface area (Å²) in [6.07, 6.45) is 2.49. The highest BCUT2D eigenvalue weighted by Gasteiger charge is 2.22. The Morgan fingerprint density at radius 3 is 2.67 bits per heavy atom. The molecule has 3 heteroatoms. The quantitative estimate of drug-likeness (QED) is 0.780. The molecule has 1 aliphatic heterocycles. The molecule has 2 nitrogen and oxygen atoms in total. The lowest BCUT2D eigenvalue weighted by atomic mass is 10.1. The fourth-order valence-corrected chi connectivity index (χ4v) is 3.86. The number of benzene rings is 1. The van der Waals surface area contributed by atoms with Crippen molar-refractivity contribution in [2.75, 3.05) is 40.8 Å². The molecule has 0 aromatic heterocycles. The molecule has 0 bridgehead atoms. The number of hydrogen-bond acceptors (Lipinski definition) is 3. The van der Waals surface area contributed by atoms with E-state index in [1.54, 1.807) is 0 Å². The van der Waals surface area contributed by atoms with Crippen LogP contribution in [-0.4, -0.2) is 55.8 Å². The minimum atomic E-state index is 0.742. The van der Waals surface area contributed by atoms with Crippen LogP contribution < -0.4 is 0 Å².